The van der Waals surface area contributed by atoms with E-state index in [1.165, 1.54) is 0 Å². The lowest BCUT2D eigenvalue weighted by Crippen LogP contribution is -2.22. The van der Waals surface area contributed by atoms with Crippen LogP contribution in [0, 0.1) is 19.7 Å². The second-order valence-corrected chi connectivity index (χ2v) is 7.12. The monoisotopic (exact) mass is 380 g/mol. The van der Waals surface area contributed by atoms with Crippen molar-refractivity contribution in [1.82, 2.24) is 0 Å². The Morgan fingerprint density at radius 2 is 1.88 bits per heavy atom. The fourth-order valence-corrected chi connectivity index (χ4v) is 2.66. The van der Waals surface area contributed by atoms with E-state index in [4.69, 9.17) is 9.88 Å². The number of amides is 1. The first kappa shape index (κ1) is 19.5. The lowest BCUT2D eigenvalue weighted by molar-refractivity contribution is -0.119. The highest BCUT2D eigenvalue weighted by molar-refractivity contribution is 7.89. The molecule has 0 spiro atoms. The number of nitrogens with two attached hydrogens (primary N) is 1. The molecular weight excluding hydrogens is 363 g/mol. The van der Waals surface area contributed by atoms with Crippen LogP contribution < -0.4 is 10.5 Å². The molecule has 0 saturated carbocycles. The second kappa shape index (κ2) is 7.63. The molecule has 0 saturated heterocycles. The Balaban J connectivity index is 2.07. The van der Waals surface area contributed by atoms with Crippen LogP contribution in [-0.2, 0) is 19.6 Å². The highest BCUT2D eigenvalue weighted by atomic mass is 32.2. The van der Waals surface area contributed by atoms with Crippen molar-refractivity contribution in [3.63, 3.8) is 0 Å². The molecule has 3 N–H and O–H groups in total. The normalized spacial score (nSPS) is 11.1. The van der Waals surface area contributed by atoms with Crippen LogP contribution in [0.15, 0.2) is 41.3 Å². The molecule has 0 heterocycles. The van der Waals surface area contributed by atoms with Crippen LogP contribution in [0.5, 0.6) is 0 Å². The van der Waals surface area contributed by atoms with Gasteiger partial charge in [0.1, 0.15) is 5.82 Å². The molecule has 0 unspecified atom stereocenters. The first-order chi connectivity index (χ1) is 12.1. The van der Waals surface area contributed by atoms with E-state index in [1.807, 2.05) is 19.9 Å². The lowest BCUT2D eigenvalue weighted by Gasteiger charge is -2.11. The van der Waals surface area contributed by atoms with Crippen molar-refractivity contribution >= 4 is 27.6 Å². The van der Waals surface area contributed by atoms with Gasteiger partial charge < -0.3 is 10.1 Å². The van der Waals surface area contributed by atoms with E-state index in [2.05, 4.69) is 5.32 Å². The van der Waals surface area contributed by atoms with Crippen molar-refractivity contribution in [3.8, 4) is 0 Å². The fourth-order valence-electron chi connectivity index (χ4n) is 2.12. The zero-order valence-electron chi connectivity index (χ0n) is 14.1. The Labute approximate surface area is 150 Å². The van der Waals surface area contributed by atoms with Crippen molar-refractivity contribution < 1.29 is 27.1 Å². The summed E-state index contributed by atoms with van der Waals surface area (Å²) < 4.78 is 41.1. The topological polar surface area (TPSA) is 116 Å². The van der Waals surface area contributed by atoms with E-state index < -0.39 is 44.8 Å². The third-order valence-corrected chi connectivity index (χ3v) is 4.61. The molecule has 0 fully saturated rings. The molecule has 0 atom stereocenters. The summed E-state index contributed by atoms with van der Waals surface area (Å²) in [6, 6.07) is 7.80. The summed E-state index contributed by atoms with van der Waals surface area (Å²) in [4.78, 5) is 23.4. The number of hydrogen-bond acceptors (Lipinski definition) is 5. The van der Waals surface area contributed by atoms with Gasteiger partial charge in [-0.1, -0.05) is 12.1 Å². The van der Waals surface area contributed by atoms with Gasteiger partial charge in [0.25, 0.3) is 5.91 Å². The highest BCUT2D eigenvalue weighted by Gasteiger charge is 2.19. The number of esters is 1. The van der Waals surface area contributed by atoms with E-state index in [1.54, 1.807) is 12.1 Å². The Hall–Kier alpha value is -2.78. The molecular formula is C17H17FN2O5S. The zero-order valence-corrected chi connectivity index (χ0v) is 14.9. The third kappa shape index (κ3) is 4.64. The zero-order chi connectivity index (χ0) is 19.5. The van der Waals surface area contributed by atoms with Crippen molar-refractivity contribution in [2.75, 3.05) is 11.9 Å². The molecule has 138 valence electrons. The van der Waals surface area contributed by atoms with Gasteiger partial charge in [0.2, 0.25) is 10.0 Å². The average Bonchev–Trinajstić information content (AvgIpc) is 2.56. The first-order valence-corrected chi connectivity index (χ1v) is 9.00. The predicted molar refractivity (Wildman–Crippen MR) is 92.6 cm³/mol. The summed E-state index contributed by atoms with van der Waals surface area (Å²) in [5.41, 5.74) is 1.77. The summed E-state index contributed by atoms with van der Waals surface area (Å²) in [5, 5.41) is 7.53. The summed E-state index contributed by atoms with van der Waals surface area (Å²) in [6.07, 6.45) is 0. The number of ether oxygens (including phenoxy) is 1. The minimum Gasteiger partial charge on any atom is -0.452 e. The first-order valence-electron chi connectivity index (χ1n) is 7.45. The van der Waals surface area contributed by atoms with Gasteiger partial charge in [-0.25, -0.2) is 22.7 Å². The average molecular weight is 380 g/mol. The van der Waals surface area contributed by atoms with Crippen LogP contribution in [0.1, 0.15) is 21.5 Å². The van der Waals surface area contributed by atoms with Crippen LogP contribution in [0.2, 0.25) is 0 Å². The second-order valence-electron chi connectivity index (χ2n) is 5.56. The molecule has 2 aromatic rings. The maximum atomic E-state index is 13.7. The molecule has 26 heavy (non-hydrogen) atoms. The van der Waals surface area contributed by atoms with E-state index in [0.29, 0.717) is 5.69 Å². The van der Waals surface area contributed by atoms with Crippen LogP contribution in [0.4, 0.5) is 10.1 Å². The number of aryl methyl sites for hydroxylation is 1. The number of primary sulfonamides is 1. The molecule has 2 aromatic carbocycles. The van der Waals surface area contributed by atoms with Gasteiger partial charge in [0.15, 0.2) is 6.61 Å². The Kier molecular flexibility index (Phi) is 5.73. The number of halogens is 1. The molecule has 0 aliphatic rings. The summed E-state index contributed by atoms with van der Waals surface area (Å²) in [6.45, 7) is 3.04. The lowest BCUT2D eigenvalue weighted by atomic mass is 10.1. The van der Waals surface area contributed by atoms with E-state index >= 15 is 0 Å². The van der Waals surface area contributed by atoms with Crippen molar-refractivity contribution in [3.05, 3.63) is 58.9 Å². The summed E-state index contributed by atoms with van der Waals surface area (Å²) >= 11 is 0. The number of nitrogens with one attached hydrogen (secondary N) is 1. The van der Waals surface area contributed by atoms with Crippen molar-refractivity contribution in [1.29, 1.82) is 0 Å². The van der Waals surface area contributed by atoms with Gasteiger partial charge in [0, 0.05) is 5.69 Å². The molecule has 0 aromatic heterocycles. The van der Waals surface area contributed by atoms with Crippen LogP contribution in [0.3, 0.4) is 0 Å². The van der Waals surface area contributed by atoms with E-state index in [-0.39, 0.29) is 0 Å². The minimum atomic E-state index is -4.11. The van der Waals surface area contributed by atoms with E-state index in [0.717, 1.165) is 29.3 Å². The maximum absolute atomic E-state index is 13.7. The smallest absolute Gasteiger partial charge is 0.341 e. The SMILES string of the molecule is Cc1cccc(NC(=O)COC(=O)c2cc(S(N)(=O)=O)ccc2F)c1C. The number of carbonyl (C=O) groups excluding carboxylic acids is 2. The van der Waals surface area contributed by atoms with Gasteiger partial charge in [-0.2, -0.15) is 0 Å². The molecule has 7 nitrogen and oxygen atoms in total. The standard InChI is InChI=1S/C17H17FN2O5S/c1-10-4-3-5-15(11(10)2)20-16(21)9-25-17(22)13-8-12(26(19,23)24)6-7-14(13)18/h3-8H,9H2,1-2H3,(H,20,21)(H2,19,23,24). The van der Waals surface area contributed by atoms with Gasteiger partial charge >= 0.3 is 5.97 Å². The molecule has 9 heteroatoms. The van der Waals surface area contributed by atoms with Gasteiger partial charge in [-0.3, -0.25) is 4.79 Å². The van der Waals surface area contributed by atoms with E-state index in [9.17, 15) is 22.4 Å². The quantitative estimate of drug-likeness (QED) is 0.769. The predicted octanol–water partition coefficient (Wildman–Crippen LogP) is 1.89. The summed E-state index contributed by atoms with van der Waals surface area (Å²) in [7, 11) is -4.11. The number of rotatable bonds is 5. The Morgan fingerprint density at radius 1 is 1.19 bits per heavy atom. The maximum Gasteiger partial charge on any atom is 0.341 e. The number of hydrogen-bond donors (Lipinski definition) is 2. The minimum absolute atomic E-state index is 0.439. The molecule has 0 aliphatic heterocycles. The number of benzene rings is 2. The highest BCUT2D eigenvalue weighted by Crippen LogP contribution is 2.18. The summed E-state index contributed by atoms with van der Waals surface area (Å²) in [5.74, 6) is -2.78. The van der Waals surface area contributed by atoms with Crippen molar-refractivity contribution in [2.45, 2.75) is 18.7 Å². The van der Waals surface area contributed by atoms with Crippen molar-refractivity contribution in [2.24, 2.45) is 5.14 Å². The van der Waals surface area contributed by atoms with Crippen LogP contribution in [-0.4, -0.2) is 26.9 Å². The Bertz CT molecular complexity index is 973. The largest absolute Gasteiger partial charge is 0.452 e. The molecule has 1 amide bonds. The number of anilines is 1. The van der Waals surface area contributed by atoms with Gasteiger partial charge in [-0.15, -0.1) is 0 Å². The van der Waals surface area contributed by atoms with Gasteiger partial charge in [-0.05, 0) is 49.2 Å². The Morgan fingerprint density at radius 3 is 2.54 bits per heavy atom. The molecule has 2 rings (SSSR count). The van der Waals surface area contributed by atoms with Gasteiger partial charge in [0.05, 0.1) is 10.5 Å². The van der Waals surface area contributed by atoms with Crippen LogP contribution in [0.25, 0.3) is 0 Å². The molecule has 0 radical (unpaired) electrons. The van der Waals surface area contributed by atoms with Crippen LogP contribution >= 0.6 is 0 Å². The third-order valence-electron chi connectivity index (χ3n) is 3.70. The number of sulfonamides is 1. The molecule has 0 aliphatic carbocycles. The fraction of sp³-hybridized carbons (Fsp3) is 0.176. The number of carbonyl (C=O) groups is 2. The molecule has 0 bridgehead atoms.